The van der Waals surface area contributed by atoms with E-state index in [4.69, 9.17) is 10.5 Å². The number of ether oxygens (including phenoxy) is 1. The molecule has 0 bridgehead atoms. The molecule has 1 amide bonds. The molecule has 0 aromatic heterocycles. The van der Waals surface area contributed by atoms with Crippen LogP contribution in [-0.4, -0.2) is 44.2 Å². The Morgan fingerprint density at radius 2 is 2.04 bits per heavy atom. The highest BCUT2D eigenvalue weighted by Crippen LogP contribution is 2.26. The summed E-state index contributed by atoms with van der Waals surface area (Å²) in [6.07, 6.45) is 2.77. The van der Waals surface area contributed by atoms with Crippen molar-refractivity contribution in [1.82, 2.24) is 4.90 Å². The van der Waals surface area contributed by atoms with Gasteiger partial charge in [-0.25, -0.2) is 0 Å². The van der Waals surface area contributed by atoms with Crippen LogP contribution in [0, 0.1) is 5.41 Å². The molecule has 0 radical (unpaired) electrons. The second-order valence-corrected chi connectivity index (χ2v) is 8.43. The average molecular weight is 348 g/mol. The predicted molar refractivity (Wildman–Crippen MR) is 104 cm³/mol. The van der Waals surface area contributed by atoms with Crippen molar-refractivity contribution in [2.75, 3.05) is 37.9 Å². The van der Waals surface area contributed by atoms with E-state index >= 15 is 0 Å². The number of hydrogen-bond acceptors (Lipinski definition) is 4. The van der Waals surface area contributed by atoms with Crippen LogP contribution in [0.1, 0.15) is 45.6 Å². The summed E-state index contributed by atoms with van der Waals surface area (Å²) in [5, 5.41) is 0. The summed E-state index contributed by atoms with van der Waals surface area (Å²) in [6, 6.07) is 5.89. The number of amides is 1. The van der Waals surface area contributed by atoms with Gasteiger partial charge in [-0.1, -0.05) is 20.8 Å². The van der Waals surface area contributed by atoms with Crippen molar-refractivity contribution < 1.29 is 9.53 Å². The summed E-state index contributed by atoms with van der Waals surface area (Å²) in [5.74, 6) is 0.176. The fraction of sp³-hybridized carbons (Fsp3) is 0.650. The van der Waals surface area contributed by atoms with Gasteiger partial charge in [0.15, 0.2) is 0 Å². The summed E-state index contributed by atoms with van der Waals surface area (Å²) in [6.45, 7) is 8.31. The van der Waals surface area contributed by atoms with Gasteiger partial charge in [-0.05, 0) is 42.0 Å². The molecule has 1 heterocycles. The molecule has 5 nitrogen and oxygen atoms in total. The van der Waals surface area contributed by atoms with Crippen LogP contribution in [0.2, 0.25) is 0 Å². The molecule has 0 saturated carbocycles. The van der Waals surface area contributed by atoms with Gasteiger partial charge in [-0.2, -0.15) is 0 Å². The first-order chi connectivity index (χ1) is 11.7. The van der Waals surface area contributed by atoms with Crippen molar-refractivity contribution in [2.45, 2.75) is 52.7 Å². The number of anilines is 2. The molecule has 1 atom stereocenters. The van der Waals surface area contributed by atoms with Crippen molar-refractivity contribution in [1.29, 1.82) is 0 Å². The molecule has 0 spiro atoms. The summed E-state index contributed by atoms with van der Waals surface area (Å²) < 4.78 is 5.77. The molecular weight excluding hydrogens is 314 g/mol. The third kappa shape index (κ3) is 5.92. The number of nitrogen functional groups attached to an aromatic ring is 1. The van der Waals surface area contributed by atoms with Gasteiger partial charge in [0, 0.05) is 51.6 Å². The third-order valence-electron chi connectivity index (χ3n) is 4.43. The Hall–Kier alpha value is -1.75. The highest BCUT2D eigenvalue weighted by atomic mass is 16.5. The summed E-state index contributed by atoms with van der Waals surface area (Å²) >= 11 is 0. The normalized spacial score (nSPS) is 17.6. The minimum atomic E-state index is -0.0358. The lowest BCUT2D eigenvalue weighted by Gasteiger charge is -2.30. The molecule has 2 N–H and O–H groups in total. The van der Waals surface area contributed by atoms with Crippen LogP contribution in [0.5, 0.6) is 0 Å². The van der Waals surface area contributed by atoms with Gasteiger partial charge in [0.25, 0.3) is 0 Å². The molecule has 1 aliphatic heterocycles. The number of carbonyl (C=O) groups excluding carboxylic acids is 1. The number of benzene rings is 1. The maximum atomic E-state index is 12.9. The van der Waals surface area contributed by atoms with Gasteiger partial charge in [0.1, 0.15) is 0 Å². The molecule has 25 heavy (non-hydrogen) atoms. The lowest BCUT2D eigenvalue weighted by atomic mass is 9.91. The van der Waals surface area contributed by atoms with Gasteiger partial charge in [-0.15, -0.1) is 0 Å². The zero-order valence-corrected chi connectivity index (χ0v) is 16.3. The van der Waals surface area contributed by atoms with Crippen molar-refractivity contribution in [3.05, 3.63) is 23.8 Å². The Kier molecular flexibility index (Phi) is 6.33. The fourth-order valence-electron chi connectivity index (χ4n) is 3.23. The lowest BCUT2D eigenvalue weighted by Crippen LogP contribution is -2.38. The topological polar surface area (TPSA) is 58.8 Å². The highest BCUT2D eigenvalue weighted by Gasteiger charge is 2.26. The quantitative estimate of drug-likeness (QED) is 0.802. The molecular formula is C20H33N3O2. The minimum absolute atomic E-state index is 0.0358. The van der Waals surface area contributed by atoms with E-state index in [0.29, 0.717) is 19.5 Å². The van der Waals surface area contributed by atoms with E-state index in [-0.39, 0.29) is 17.4 Å². The van der Waals surface area contributed by atoms with Crippen LogP contribution in [0.4, 0.5) is 11.4 Å². The third-order valence-corrected chi connectivity index (χ3v) is 4.43. The van der Waals surface area contributed by atoms with Gasteiger partial charge < -0.3 is 20.3 Å². The molecule has 1 fully saturated rings. The number of nitrogens with two attached hydrogens (primary N) is 1. The Labute approximate surface area is 152 Å². The second-order valence-electron chi connectivity index (χ2n) is 8.43. The zero-order valence-electron chi connectivity index (χ0n) is 16.3. The summed E-state index contributed by atoms with van der Waals surface area (Å²) in [5.41, 5.74) is 8.85. The van der Waals surface area contributed by atoms with Crippen LogP contribution in [0.3, 0.4) is 0 Å². The highest BCUT2D eigenvalue weighted by molar-refractivity contribution is 5.77. The summed E-state index contributed by atoms with van der Waals surface area (Å²) in [4.78, 5) is 17.0. The molecule has 1 aromatic carbocycles. The Morgan fingerprint density at radius 1 is 1.32 bits per heavy atom. The largest absolute Gasteiger partial charge is 0.399 e. The lowest BCUT2D eigenvalue weighted by molar-refractivity contribution is -0.135. The Bertz CT molecular complexity index is 587. The first kappa shape index (κ1) is 19.6. The second kappa shape index (κ2) is 8.09. The number of nitrogens with zero attached hydrogens (tertiary/aromatic N) is 2. The Balaban J connectivity index is 2.22. The van der Waals surface area contributed by atoms with Crippen LogP contribution < -0.4 is 10.6 Å². The van der Waals surface area contributed by atoms with Crippen molar-refractivity contribution in [2.24, 2.45) is 5.41 Å². The van der Waals surface area contributed by atoms with E-state index in [1.165, 1.54) is 0 Å². The first-order valence-electron chi connectivity index (χ1n) is 9.11. The first-order valence-corrected chi connectivity index (χ1v) is 9.11. The van der Waals surface area contributed by atoms with E-state index in [2.05, 4.69) is 25.7 Å². The molecule has 2 rings (SSSR count). The maximum Gasteiger partial charge on any atom is 0.223 e. The maximum absolute atomic E-state index is 12.9. The molecule has 0 aliphatic carbocycles. The van der Waals surface area contributed by atoms with Crippen LogP contribution >= 0.6 is 0 Å². The van der Waals surface area contributed by atoms with E-state index in [1.54, 1.807) is 0 Å². The summed E-state index contributed by atoms with van der Waals surface area (Å²) in [7, 11) is 4.02. The number of hydrogen-bond donors (Lipinski definition) is 1. The van der Waals surface area contributed by atoms with Crippen LogP contribution in [0.15, 0.2) is 18.2 Å². The van der Waals surface area contributed by atoms with Gasteiger partial charge in [0.05, 0.1) is 6.10 Å². The fourth-order valence-corrected chi connectivity index (χ4v) is 3.23. The van der Waals surface area contributed by atoms with Crippen LogP contribution in [0.25, 0.3) is 0 Å². The van der Waals surface area contributed by atoms with Crippen molar-refractivity contribution in [3.8, 4) is 0 Å². The van der Waals surface area contributed by atoms with Gasteiger partial charge >= 0.3 is 0 Å². The molecule has 1 aliphatic rings. The van der Waals surface area contributed by atoms with E-state index < -0.39 is 0 Å². The molecule has 140 valence electrons. The Morgan fingerprint density at radius 3 is 2.60 bits per heavy atom. The van der Waals surface area contributed by atoms with Crippen molar-refractivity contribution in [3.63, 3.8) is 0 Å². The minimum Gasteiger partial charge on any atom is -0.399 e. The predicted octanol–water partition coefficient (Wildman–Crippen LogP) is 3.28. The molecule has 5 heteroatoms. The van der Waals surface area contributed by atoms with Gasteiger partial charge in [0.2, 0.25) is 5.91 Å². The van der Waals surface area contributed by atoms with Crippen molar-refractivity contribution >= 4 is 17.3 Å². The molecule has 1 saturated heterocycles. The standard InChI is InChI=1S/C20H33N3O2/c1-20(2,3)12-19(24)23(14-17-7-6-10-25-17)13-15-11-16(21)8-9-18(15)22(4)5/h8-9,11,17H,6-7,10,12-14,21H2,1-5H3. The molecule has 1 aromatic rings. The smallest absolute Gasteiger partial charge is 0.223 e. The van der Waals surface area contributed by atoms with E-state index in [1.807, 2.05) is 37.2 Å². The van der Waals surface area contributed by atoms with Gasteiger partial charge in [-0.3, -0.25) is 4.79 Å². The molecule has 1 unspecified atom stereocenters. The monoisotopic (exact) mass is 347 g/mol. The number of rotatable bonds is 6. The van der Waals surface area contributed by atoms with Crippen LogP contribution in [-0.2, 0) is 16.1 Å². The average Bonchev–Trinajstić information content (AvgIpc) is 2.97. The van der Waals surface area contributed by atoms with E-state index in [0.717, 1.165) is 36.4 Å². The SMILES string of the molecule is CN(C)c1ccc(N)cc1CN(CC1CCCO1)C(=O)CC(C)(C)C. The zero-order chi connectivity index (χ0) is 18.6. The van der Waals surface area contributed by atoms with E-state index in [9.17, 15) is 4.79 Å². The number of carbonyl (C=O) groups is 1.